The lowest BCUT2D eigenvalue weighted by atomic mass is 10.2. The first-order chi connectivity index (χ1) is 8.08. The van der Waals surface area contributed by atoms with E-state index in [1.807, 2.05) is 6.92 Å². The predicted molar refractivity (Wildman–Crippen MR) is 63.1 cm³/mol. The third-order valence-electron chi connectivity index (χ3n) is 2.39. The summed E-state index contributed by atoms with van der Waals surface area (Å²) >= 11 is 5.70. The summed E-state index contributed by atoms with van der Waals surface area (Å²) in [5.41, 5.74) is 6.81. The standard InChI is InChI=1S/C11H12ClFN4/c1-7(14)10-6-17(16-15-10)5-8-3-2-4-9(12)11(8)13/h2-4,6-7H,5,14H2,1H3. The first-order valence-corrected chi connectivity index (χ1v) is 5.54. The second kappa shape index (κ2) is 4.81. The minimum Gasteiger partial charge on any atom is -0.323 e. The second-order valence-electron chi connectivity index (χ2n) is 3.84. The molecule has 0 fully saturated rings. The van der Waals surface area contributed by atoms with Crippen LogP contribution in [0.3, 0.4) is 0 Å². The molecule has 4 nitrogen and oxygen atoms in total. The van der Waals surface area contributed by atoms with Crippen LogP contribution in [0.2, 0.25) is 5.02 Å². The van der Waals surface area contributed by atoms with Gasteiger partial charge in [0.15, 0.2) is 0 Å². The number of hydrogen-bond donors (Lipinski definition) is 1. The number of aromatic nitrogens is 3. The van der Waals surface area contributed by atoms with Crippen LogP contribution in [0.15, 0.2) is 24.4 Å². The zero-order valence-electron chi connectivity index (χ0n) is 9.27. The summed E-state index contributed by atoms with van der Waals surface area (Å²) in [6, 6.07) is 4.68. The average Bonchev–Trinajstić information content (AvgIpc) is 2.73. The Morgan fingerprint density at radius 2 is 2.29 bits per heavy atom. The number of halogens is 2. The van der Waals surface area contributed by atoms with Crippen molar-refractivity contribution in [2.75, 3.05) is 0 Å². The Labute approximate surface area is 103 Å². The molecule has 0 spiro atoms. The Kier molecular flexibility index (Phi) is 3.40. The Morgan fingerprint density at radius 1 is 1.53 bits per heavy atom. The van der Waals surface area contributed by atoms with E-state index in [0.29, 0.717) is 11.3 Å². The molecule has 1 aromatic carbocycles. The van der Waals surface area contributed by atoms with Gasteiger partial charge in [-0.1, -0.05) is 28.9 Å². The lowest BCUT2D eigenvalue weighted by molar-refractivity contribution is 0.577. The lowest BCUT2D eigenvalue weighted by Gasteiger charge is -2.03. The van der Waals surface area contributed by atoms with E-state index in [4.69, 9.17) is 17.3 Å². The van der Waals surface area contributed by atoms with Gasteiger partial charge in [-0.2, -0.15) is 0 Å². The molecular weight excluding hydrogens is 243 g/mol. The summed E-state index contributed by atoms with van der Waals surface area (Å²) in [6.45, 7) is 2.10. The van der Waals surface area contributed by atoms with Crippen molar-refractivity contribution in [3.05, 3.63) is 46.5 Å². The smallest absolute Gasteiger partial charge is 0.146 e. The van der Waals surface area contributed by atoms with Gasteiger partial charge in [0.05, 0.1) is 23.5 Å². The highest BCUT2D eigenvalue weighted by atomic mass is 35.5. The molecule has 0 aliphatic carbocycles. The van der Waals surface area contributed by atoms with Gasteiger partial charge in [0.25, 0.3) is 0 Å². The molecule has 0 radical (unpaired) electrons. The van der Waals surface area contributed by atoms with E-state index in [9.17, 15) is 4.39 Å². The van der Waals surface area contributed by atoms with Gasteiger partial charge in [-0.15, -0.1) is 5.10 Å². The van der Waals surface area contributed by atoms with Crippen LogP contribution in [-0.4, -0.2) is 15.0 Å². The minimum absolute atomic E-state index is 0.107. The Hall–Kier alpha value is -1.46. The van der Waals surface area contributed by atoms with Gasteiger partial charge >= 0.3 is 0 Å². The van der Waals surface area contributed by atoms with Gasteiger partial charge in [-0.25, -0.2) is 9.07 Å². The molecule has 2 aromatic rings. The number of nitrogens with two attached hydrogens (primary N) is 1. The third kappa shape index (κ3) is 2.62. The molecule has 17 heavy (non-hydrogen) atoms. The van der Waals surface area contributed by atoms with E-state index >= 15 is 0 Å². The van der Waals surface area contributed by atoms with Crippen molar-refractivity contribution in [3.8, 4) is 0 Å². The molecule has 1 atom stereocenters. The molecule has 0 aliphatic rings. The minimum atomic E-state index is -0.424. The number of rotatable bonds is 3. The van der Waals surface area contributed by atoms with Crippen molar-refractivity contribution in [2.24, 2.45) is 5.73 Å². The molecule has 1 heterocycles. The van der Waals surface area contributed by atoms with Crippen LogP contribution < -0.4 is 5.73 Å². The summed E-state index contributed by atoms with van der Waals surface area (Å²) in [6.07, 6.45) is 1.70. The van der Waals surface area contributed by atoms with Crippen LogP contribution in [0.4, 0.5) is 4.39 Å². The molecule has 0 saturated carbocycles. The van der Waals surface area contributed by atoms with Crippen LogP contribution >= 0.6 is 11.6 Å². The van der Waals surface area contributed by atoms with E-state index in [1.54, 1.807) is 18.3 Å². The molecule has 2 rings (SSSR count). The molecule has 0 amide bonds. The molecule has 6 heteroatoms. The summed E-state index contributed by atoms with van der Waals surface area (Å²) < 4.78 is 15.2. The Balaban J connectivity index is 2.22. The van der Waals surface area contributed by atoms with Crippen LogP contribution in [0.1, 0.15) is 24.2 Å². The summed E-state index contributed by atoms with van der Waals surface area (Å²) in [5, 5.41) is 7.88. The van der Waals surface area contributed by atoms with Crippen LogP contribution in [0.25, 0.3) is 0 Å². The SMILES string of the molecule is CC(N)c1cn(Cc2cccc(Cl)c2F)nn1. The van der Waals surface area contributed by atoms with Crippen molar-refractivity contribution >= 4 is 11.6 Å². The van der Waals surface area contributed by atoms with Crippen LogP contribution in [0, 0.1) is 5.82 Å². The lowest BCUT2D eigenvalue weighted by Crippen LogP contribution is -2.05. The van der Waals surface area contributed by atoms with Gasteiger partial charge in [0.1, 0.15) is 5.82 Å². The molecule has 1 aromatic heterocycles. The van der Waals surface area contributed by atoms with E-state index in [1.165, 1.54) is 10.7 Å². The number of benzene rings is 1. The molecule has 2 N–H and O–H groups in total. The van der Waals surface area contributed by atoms with Crippen molar-refractivity contribution in [3.63, 3.8) is 0 Å². The van der Waals surface area contributed by atoms with Gasteiger partial charge in [-0.05, 0) is 13.0 Å². The van der Waals surface area contributed by atoms with Crippen molar-refractivity contribution in [1.82, 2.24) is 15.0 Å². The highest BCUT2D eigenvalue weighted by Gasteiger charge is 2.09. The molecule has 0 bridgehead atoms. The van der Waals surface area contributed by atoms with Crippen molar-refractivity contribution < 1.29 is 4.39 Å². The Morgan fingerprint density at radius 3 is 2.94 bits per heavy atom. The monoisotopic (exact) mass is 254 g/mol. The molecule has 0 saturated heterocycles. The van der Waals surface area contributed by atoms with E-state index in [-0.39, 0.29) is 17.6 Å². The molecule has 1 unspecified atom stereocenters. The van der Waals surface area contributed by atoms with E-state index < -0.39 is 5.82 Å². The average molecular weight is 255 g/mol. The van der Waals surface area contributed by atoms with E-state index in [0.717, 1.165) is 0 Å². The fourth-order valence-corrected chi connectivity index (χ4v) is 1.64. The van der Waals surface area contributed by atoms with Crippen LogP contribution in [-0.2, 0) is 6.54 Å². The first kappa shape index (κ1) is 12.0. The molecule has 90 valence electrons. The second-order valence-corrected chi connectivity index (χ2v) is 4.25. The fourth-order valence-electron chi connectivity index (χ4n) is 1.44. The third-order valence-corrected chi connectivity index (χ3v) is 2.68. The van der Waals surface area contributed by atoms with Gasteiger partial charge in [-0.3, -0.25) is 0 Å². The first-order valence-electron chi connectivity index (χ1n) is 5.16. The van der Waals surface area contributed by atoms with Gasteiger partial charge in [0.2, 0.25) is 0 Å². The van der Waals surface area contributed by atoms with Crippen molar-refractivity contribution in [1.29, 1.82) is 0 Å². The summed E-state index contributed by atoms with van der Waals surface area (Å²) in [7, 11) is 0. The highest BCUT2D eigenvalue weighted by molar-refractivity contribution is 6.30. The normalized spacial score (nSPS) is 12.7. The number of nitrogens with zero attached hydrogens (tertiary/aromatic N) is 3. The summed E-state index contributed by atoms with van der Waals surface area (Å²) in [4.78, 5) is 0. The molecular formula is C11H12ClFN4. The summed E-state index contributed by atoms with van der Waals surface area (Å²) in [5.74, 6) is -0.424. The van der Waals surface area contributed by atoms with Crippen LogP contribution in [0.5, 0.6) is 0 Å². The topological polar surface area (TPSA) is 56.7 Å². The maximum atomic E-state index is 13.6. The van der Waals surface area contributed by atoms with Gasteiger partial charge < -0.3 is 5.73 Å². The fraction of sp³-hybridized carbons (Fsp3) is 0.273. The maximum Gasteiger partial charge on any atom is 0.146 e. The zero-order valence-corrected chi connectivity index (χ0v) is 10.0. The van der Waals surface area contributed by atoms with E-state index in [2.05, 4.69) is 10.3 Å². The molecule has 0 aliphatic heterocycles. The predicted octanol–water partition coefficient (Wildman–Crippen LogP) is 2.14. The quantitative estimate of drug-likeness (QED) is 0.913. The van der Waals surface area contributed by atoms with Gasteiger partial charge in [0, 0.05) is 11.6 Å². The van der Waals surface area contributed by atoms with Crippen molar-refractivity contribution in [2.45, 2.75) is 19.5 Å². The largest absolute Gasteiger partial charge is 0.323 e. The Bertz CT molecular complexity index is 524. The maximum absolute atomic E-state index is 13.6. The highest BCUT2D eigenvalue weighted by Crippen LogP contribution is 2.18. The number of hydrogen-bond acceptors (Lipinski definition) is 3. The zero-order chi connectivity index (χ0) is 12.4.